The summed E-state index contributed by atoms with van der Waals surface area (Å²) in [6.07, 6.45) is -9.30. The molecule has 18 N–H and O–H groups in total. The van der Waals surface area contributed by atoms with Crippen molar-refractivity contribution in [1.29, 1.82) is 0 Å². The van der Waals surface area contributed by atoms with Crippen molar-refractivity contribution in [2.24, 2.45) is 28.0 Å². The molecule has 0 aromatic carbocycles. The van der Waals surface area contributed by atoms with Gasteiger partial charge in [0.2, 0.25) is 53.2 Å². The molecule has 1 rings (SSSR count). The summed E-state index contributed by atoms with van der Waals surface area (Å²) >= 11 is 0. The van der Waals surface area contributed by atoms with Gasteiger partial charge in [0.15, 0.2) is 11.8 Å². The average molecular weight is 1820 g/mol. The van der Waals surface area contributed by atoms with Crippen molar-refractivity contribution in [2.75, 3.05) is 39.3 Å². The second-order valence-corrected chi connectivity index (χ2v) is 40.6. The monoisotopic (exact) mass is 1820 g/mol. The highest BCUT2D eigenvalue weighted by Gasteiger charge is 2.41. The zero-order valence-corrected chi connectivity index (χ0v) is 81.2. The molecule has 732 valence electrons. The van der Waals surface area contributed by atoms with Crippen LogP contribution in [0.25, 0.3) is 0 Å². The minimum atomic E-state index is -1.79. The minimum absolute atomic E-state index is 0.0435. The van der Waals surface area contributed by atoms with Crippen LogP contribution in [0, 0.1) is 17.3 Å². The summed E-state index contributed by atoms with van der Waals surface area (Å²) in [7, 11) is 0. The third kappa shape index (κ3) is 50.0. The first-order valence-electron chi connectivity index (χ1n) is 43.6. The molecule has 0 aromatic rings. The van der Waals surface area contributed by atoms with Crippen LogP contribution in [0.15, 0.2) is 16.3 Å². The van der Waals surface area contributed by atoms with Gasteiger partial charge in [-0.1, -0.05) is 41.5 Å². The molecule has 41 nitrogen and oxygen atoms in total. The Kier molecular flexibility index (Phi) is 46.4. The molecule has 0 saturated carbocycles. The molecular weight excluding hydrogens is 1670 g/mol. The molecular formula is C87H154N16O25. The van der Waals surface area contributed by atoms with E-state index in [2.05, 4.69) is 79.4 Å². The number of allylic oxidation sites excluding steroid dienone is 2. The second kappa shape index (κ2) is 51.3. The Balaban J connectivity index is 4.39. The van der Waals surface area contributed by atoms with Gasteiger partial charge in [0.1, 0.15) is 82.1 Å². The van der Waals surface area contributed by atoms with Gasteiger partial charge in [0.05, 0.1) is 35.0 Å². The van der Waals surface area contributed by atoms with Crippen molar-refractivity contribution in [1.82, 2.24) is 74.4 Å². The topological polar surface area (TPSA) is 585 Å². The molecule has 0 spiro atoms. The summed E-state index contributed by atoms with van der Waals surface area (Å²) in [4.78, 5) is 230. The number of ketones is 1. The molecule has 14 amide bonds. The Morgan fingerprint density at radius 1 is 0.367 bits per heavy atom. The number of alkyl carbamates (subject to hydrolysis) is 5. The number of hydrogen-bond donors (Lipinski definition) is 17. The van der Waals surface area contributed by atoms with E-state index < -0.39 is 263 Å². The SMILES string of the molecule is CC(=NCC[C@H](NC(=O)[C@H](CCNC(=O)OC(C)(C)C)NC(=O)[C@@H](NC(=O)[C@@H](N)CCNC(=O)OC(C)(C)C)[C@@H](C)OC(C)(C)C)C(=O)N[C@@H](CCNC(=O)OC(C)(C)C)C(=O)N[C@H](CC(C)C)C(=O)N[C@@H](CC(C)C)C(=O)N[C@@H](CCNC(=O)OC(C)(C)C)C(=O)N[C@@H](CCNC(=O)OC(C)(C)C)C(=O)N[C@H](C(=O)O)[C@@H](C)OC(C)(C)C)C1=C(O)CC(C)(C)CC1=O. The first-order valence-corrected chi connectivity index (χ1v) is 43.6. The maximum Gasteiger partial charge on any atom is 0.407 e. The number of aliphatic hydroxyl groups is 1. The van der Waals surface area contributed by atoms with Gasteiger partial charge in [0, 0.05) is 57.8 Å². The number of carboxylic acids is 1. The zero-order chi connectivity index (χ0) is 98.9. The van der Waals surface area contributed by atoms with Crippen LogP contribution < -0.4 is 80.2 Å². The molecule has 0 radical (unpaired) electrons. The molecule has 0 fully saturated rings. The lowest BCUT2D eigenvalue weighted by Gasteiger charge is -2.32. The first kappa shape index (κ1) is 116. The first-order chi connectivity index (χ1) is 58.2. The number of nitrogens with one attached hydrogen (secondary N) is 14. The van der Waals surface area contributed by atoms with E-state index in [0.29, 0.717) is 0 Å². The molecule has 12 atom stereocenters. The lowest BCUT2D eigenvalue weighted by Crippen LogP contribution is -2.62. The molecule has 0 saturated heterocycles. The molecule has 128 heavy (non-hydrogen) atoms. The predicted molar refractivity (Wildman–Crippen MR) is 477 cm³/mol. The fraction of sp³-hybridized carbons (Fsp3) is 0.782. The standard InChI is InChI=1S/C87H154N16O25/c1-47(2)43-58(71(112)98-54(33-39-91-76(118)125-83(17,18)19)67(108)97-57(36-42-94-79(121)128-86(26,27)28)70(111)103-64(74(115)116)51(7)123-81(11,12)13)101-72(113)59(44-48(3)4)100-69(110)55(34-40-92-77(119)126-84(20,21)22)96-66(107)53(32-38-89-49(5)62-60(104)45-87(29,30)46-61(62)105)95-68(109)56(35-41-93-78(120)127-85(23,24)25)99-73(114)63(50(6)122-80(8,9)10)102-65(106)52(88)31-37-90-75(117)124-82(14,15)16/h47-48,50-59,63-64,104H,31-46,88H2,1-30H3,(H,90,117)(H,91,118)(H,92,119)(H,93,120)(H,94,121)(H,95,109)(H,96,107)(H,97,108)(H,98,112)(H,99,114)(H,100,110)(H,101,113)(H,102,106)(H,103,111)(H,115,116)/t50-,51-,52+,53+,54+,55+,56+,57+,58+,59-,63+,64+/m1/s1. The van der Waals surface area contributed by atoms with Crippen LogP contribution >= 0.6 is 0 Å². The highest BCUT2D eigenvalue weighted by atomic mass is 16.6. The summed E-state index contributed by atoms with van der Waals surface area (Å²) < 4.78 is 39.0. The maximum atomic E-state index is 15.5. The third-order valence-electron chi connectivity index (χ3n) is 17.9. The average Bonchev–Trinajstić information content (AvgIpc) is 0.805. The summed E-state index contributed by atoms with van der Waals surface area (Å²) in [6.45, 7) is 47.0. The van der Waals surface area contributed by atoms with Crippen molar-refractivity contribution in [2.45, 2.75) is 384 Å². The largest absolute Gasteiger partial charge is 0.511 e. The van der Waals surface area contributed by atoms with E-state index in [1.165, 1.54) is 20.8 Å². The number of carbonyl (C=O) groups is 16. The summed E-state index contributed by atoms with van der Waals surface area (Å²) in [5.74, 6) is -12.3. The number of aliphatic carboxylic acids is 1. The van der Waals surface area contributed by atoms with Gasteiger partial charge in [-0.25, -0.2) is 28.8 Å². The number of aliphatic imine (C=N–C) groups is 1. The Morgan fingerprint density at radius 2 is 0.625 bits per heavy atom. The number of carboxylic acid groups (broad SMARTS) is 1. The van der Waals surface area contributed by atoms with Crippen molar-refractivity contribution in [3.05, 3.63) is 11.3 Å². The van der Waals surface area contributed by atoms with Gasteiger partial charge < -0.3 is 124 Å². The highest BCUT2D eigenvalue weighted by molar-refractivity contribution is 6.22. The van der Waals surface area contributed by atoms with Crippen LogP contribution in [-0.2, 0) is 85.9 Å². The van der Waals surface area contributed by atoms with Crippen LogP contribution in [0.1, 0.15) is 272 Å². The van der Waals surface area contributed by atoms with E-state index in [4.69, 9.17) is 38.9 Å². The van der Waals surface area contributed by atoms with E-state index in [1.54, 1.807) is 187 Å². The second-order valence-electron chi connectivity index (χ2n) is 40.6. The number of carbonyl (C=O) groups excluding carboxylic acids is 15. The Hall–Kier alpha value is -10.2. The number of hydrogen-bond acceptors (Lipinski definition) is 26. The summed E-state index contributed by atoms with van der Waals surface area (Å²) in [5.41, 5.74) is -0.948. The van der Waals surface area contributed by atoms with Gasteiger partial charge in [0.25, 0.3) is 0 Å². The summed E-state index contributed by atoms with van der Waals surface area (Å²) in [6, 6.07) is -16.5. The van der Waals surface area contributed by atoms with Gasteiger partial charge in [-0.2, -0.15) is 0 Å². The lowest BCUT2D eigenvalue weighted by atomic mass is 9.76. The van der Waals surface area contributed by atoms with Crippen LogP contribution in [-0.4, -0.2) is 262 Å². The van der Waals surface area contributed by atoms with Crippen LogP contribution in [0.4, 0.5) is 24.0 Å². The van der Waals surface area contributed by atoms with Crippen molar-refractivity contribution in [3.8, 4) is 0 Å². The van der Waals surface area contributed by atoms with E-state index in [1.807, 2.05) is 0 Å². The predicted octanol–water partition coefficient (Wildman–Crippen LogP) is 5.89. The van der Waals surface area contributed by atoms with Crippen molar-refractivity contribution < 1.29 is 120 Å². The molecule has 41 heteroatoms. The smallest absolute Gasteiger partial charge is 0.407 e. The molecule has 0 aromatic heterocycles. The maximum absolute atomic E-state index is 15.5. The normalized spacial score (nSPS) is 16.3. The fourth-order valence-corrected chi connectivity index (χ4v) is 12.6. The third-order valence-corrected chi connectivity index (χ3v) is 17.9. The van der Waals surface area contributed by atoms with E-state index in [0.717, 1.165) is 0 Å². The number of nitrogens with two attached hydrogens (primary N) is 1. The van der Waals surface area contributed by atoms with Gasteiger partial charge in [-0.3, -0.25) is 52.9 Å². The number of aliphatic hydroxyl groups excluding tert-OH is 1. The lowest BCUT2D eigenvalue weighted by molar-refractivity contribution is -0.150. The Bertz CT molecular complexity index is 3840. The van der Waals surface area contributed by atoms with E-state index >= 15 is 24.0 Å². The number of amides is 14. The Labute approximate surface area is 754 Å². The molecule has 1 aliphatic rings. The molecule has 0 heterocycles. The zero-order valence-electron chi connectivity index (χ0n) is 81.2. The van der Waals surface area contributed by atoms with Crippen LogP contribution in [0.2, 0.25) is 0 Å². The quantitative estimate of drug-likeness (QED) is 0.0249. The van der Waals surface area contributed by atoms with Crippen LogP contribution in [0.5, 0.6) is 0 Å². The molecule has 1 aliphatic carbocycles. The van der Waals surface area contributed by atoms with Crippen molar-refractivity contribution >= 4 is 101 Å². The van der Waals surface area contributed by atoms with Gasteiger partial charge >= 0.3 is 36.4 Å². The van der Waals surface area contributed by atoms with Gasteiger partial charge in [-0.15, -0.1) is 0 Å². The van der Waals surface area contributed by atoms with E-state index in [-0.39, 0.29) is 81.9 Å². The highest BCUT2D eigenvalue weighted by Crippen LogP contribution is 2.36. The molecule has 0 unspecified atom stereocenters. The molecule has 0 bridgehead atoms. The number of Topliss-reactive ketones (excluding diaryl/α,β-unsaturated/α-hetero) is 1. The number of nitrogens with zero attached hydrogens (tertiary/aromatic N) is 1. The van der Waals surface area contributed by atoms with E-state index in [9.17, 15) is 63.0 Å². The minimum Gasteiger partial charge on any atom is -0.511 e. The van der Waals surface area contributed by atoms with Crippen molar-refractivity contribution in [3.63, 3.8) is 0 Å². The fourth-order valence-electron chi connectivity index (χ4n) is 12.6. The van der Waals surface area contributed by atoms with Crippen LogP contribution in [0.3, 0.4) is 0 Å². The number of rotatable bonds is 46. The Morgan fingerprint density at radius 3 is 0.906 bits per heavy atom. The van der Waals surface area contributed by atoms with Gasteiger partial charge in [-0.05, 0) is 235 Å². The summed E-state index contributed by atoms with van der Waals surface area (Å²) in [5, 5.41) is 57.7. The number of ether oxygens (including phenoxy) is 7. The molecule has 0 aliphatic heterocycles.